The summed E-state index contributed by atoms with van der Waals surface area (Å²) in [5.74, 6) is 0.422. The van der Waals surface area contributed by atoms with Crippen molar-refractivity contribution in [2.24, 2.45) is 4.99 Å². The van der Waals surface area contributed by atoms with Crippen LogP contribution in [0.4, 0.5) is 0 Å². The van der Waals surface area contributed by atoms with E-state index in [4.69, 9.17) is 23.2 Å². The number of benzene rings is 1. The fourth-order valence-electron chi connectivity index (χ4n) is 2.09. The fourth-order valence-corrected chi connectivity index (χ4v) is 3.17. The van der Waals surface area contributed by atoms with Crippen LogP contribution in [0.5, 0.6) is 0 Å². The first-order valence-corrected chi connectivity index (χ1v) is 11.4. The van der Waals surface area contributed by atoms with Gasteiger partial charge in [0.25, 0.3) is 5.91 Å². The average Bonchev–Trinajstić information content (AvgIpc) is 2.58. The zero-order chi connectivity index (χ0) is 20.4. The van der Waals surface area contributed by atoms with E-state index in [1.807, 2.05) is 13.8 Å². The highest BCUT2D eigenvalue weighted by Gasteiger charge is 2.10. The summed E-state index contributed by atoms with van der Waals surface area (Å²) >= 11 is 11.7. The zero-order valence-corrected chi connectivity index (χ0v) is 20.7. The standard InChI is InChI=1S/C17H26Cl2N4O3S.HI/c1-4-20-17(23-12(2)7-10-27(3,25)26)22-9-8-21-16(24)13-5-6-14(18)15(19)11-13;/h5-6,11-12H,4,7-10H2,1-3H3,(H,21,24)(H2,20,22,23);1H. The molecule has 11 heteroatoms. The predicted octanol–water partition coefficient (Wildman–Crippen LogP) is 2.72. The number of amides is 1. The van der Waals surface area contributed by atoms with Crippen molar-refractivity contribution in [3.8, 4) is 0 Å². The highest BCUT2D eigenvalue weighted by atomic mass is 127. The van der Waals surface area contributed by atoms with Crippen molar-refractivity contribution in [3.05, 3.63) is 33.8 Å². The van der Waals surface area contributed by atoms with Gasteiger partial charge in [-0.05, 0) is 38.5 Å². The summed E-state index contributed by atoms with van der Waals surface area (Å²) in [5, 5.41) is 9.72. The molecule has 1 aromatic rings. The van der Waals surface area contributed by atoms with Gasteiger partial charge < -0.3 is 16.0 Å². The molecule has 0 fully saturated rings. The van der Waals surface area contributed by atoms with E-state index in [9.17, 15) is 13.2 Å². The SMILES string of the molecule is CCNC(=NCCNC(=O)c1ccc(Cl)c(Cl)c1)NC(C)CCS(C)(=O)=O.I. The van der Waals surface area contributed by atoms with Crippen LogP contribution >= 0.6 is 47.2 Å². The summed E-state index contributed by atoms with van der Waals surface area (Å²) in [4.78, 5) is 16.5. The van der Waals surface area contributed by atoms with E-state index in [0.29, 0.717) is 47.6 Å². The Bertz CT molecular complexity index is 776. The maximum absolute atomic E-state index is 12.1. The lowest BCUT2D eigenvalue weighted by Crippen LogP contribution is -2.43. The van der Waals surface area contributed by atoms with Crippen LogP contribution in [0.15, 0.2) is 23.2 Å². The van der Waals surface area contributed by atoms with Gasteiger partial charge in [-0.2, -0.15) is 0 Å². The number of sulfone groups is 1. The lowest BCUT2D eigenvalue weighted by molar-refractivity contribution is 0.0955. The second-order valence-electron chi connectivity index (χ2n) is 6.11. The van der Waals surface area contributed by atoms with E-state index in [2.05, 4.69) is 20.9 Å². The van der Waals surface area contributed by atoms with Crippen molar-refractivity contribution < 1.29 is 13.2 Å². The van der Waals surface area contributed by atoms with Gasteiger partial charge in [-0.15, -0.1) is 24.0 Å². The van der Waals surface area contributed by atoms with Crippen LogP contribution in [0.25, 0.3) is 0 Å². The van der Waals surface area contributed by atoms with Crippen LogP contribution in [0, 0.1) is 0 Å². The molecule has 28 heavy (non-hydrogen) atoms. The third-order valence-electron chi connectivity index (χ3n) is 3.50. The van der Waals surface area contributed by atoms with Gasteiger partial charge in [-0.25, -0.2) is 8.42 Å². The molecule has 0 aliphatic rings. The minimum absolute atomic E-state index is 0. The minimum Gasteiger partial charge on any atom is -0.357 e. The molecule has 3 N–H and O–H groups in total. The Labute approximate surface area is 194 Å². The van der Waals surface area contributed by atoms with Crippen LogP contribution in [0.1, 0.15) is 30.6 Å². The lowest BCUT2D eigenvalue weighted by Gasteiger charge is -2.17. The molecule has 1 unspecified atom stereocenters. The Hall–Kier alpha value is -0.780. The molecule has 1 amide bonds. The minimum atomic E-state index is -3.00. The molecule has 0 aliphatic carbocycles. The van der Waals surface area contributed by atoms with Gasteiger partial charge in [0.15, 0.2) is 5.96 Å². The first-order chi connectivity index (χ1) is 12.6. The molecule has 0 spiro atoms. The third-order valence-corrected chi connectivity index (χ3v) is 5.21. The van der Waals surface area contributed by atoms with Gasteiger partial charge in [0.1, 0.15) is 9.84 Å². The van der Waals surface area contributed by atoms with Crippen molar-refractivity contribution in [3.63, 3.8) is 0 Å². The number of guanidine groups is 1. The average molecular weight is 565 g/mol. The summed E-state index contributed by atoms with van der Waals surface area (Å²) in [5.41, 5.74) is 0.424. The molecule has 7 nitrogen and oxygen atoms in total. The number of hydrogen-bond acceptors (Lipinski definition) is 4. The van der Waals surface area contributed by atoms with E-state index in [1.165, 1.54) is 12.3 Å². The quantitative estimate of drug-likeness (QED) is 0.185. The number of rotatable bonds is 9. The summed E-state index contributed by atoms with van der Waals surface area (Å²) in [7, 11) is -3.00. The fraction of sp³-hybridized carbons (Fsp3) is 0.529. The summed E-state index contributed by atoms with van der Waals surface area (Å²) in [6.45, 7) is 5.20. The van der Waals surface area contributed by atoms with E-state index >= 15 is 0 Å². The Balaban J connectivity index is 0.00000729. The van der Waals surface area contributed by atoms with Crippen molar-refractivity contribution in [1.29, 1.82) is 0 Å². The zero-order valence-electron chi connectivity index (χ0n) is 16.1. The van der Waals surface area contributed by atoms with Gasteiger partial charge in [-0.3, -0.25) is 9.79 Å². The summed E-state index contributed by atoms with van der Waals surface area (Å²) < 4.78 is 22.5. The molecule has 1 rings (SSSR count). The molecule has 0 bridgehead atoms. The van der Waals surface area contributed by atoms with E-state index in [1.54, 1.807) is 12.1 Å². The van der Waals surface area contributed by atoms with Crippen LogP contribution in [0.3, 0.4) is 0 Å². The monoisotopic (exact) mass is 564 g/mol. The summed E-state index contributed by atoms with van der Waals surface area (Å²) in [6, 6.07) is 4.63. The largest absolute Gasteiger partial charge is 0.357 e. The number of aliphatic imine (C=N–C) groups is 1. The van der Waals surface area contributed by atoms with Crippen LogP contribution in [-0.4, -0.2) is 58.0 Å². The highest BCUT2D eigenvalue weighted by molar-refractivity contribution is 14.0. The normalized spacial score (nSPS) is 12.7. The number of nitrogens with one attached hydrogen (secondary N) is 3. The van der Waals surface area contributed by atoms with Crippen molar-refractivity contribution >= 4 is 68.9 Å². The molecular weight excluding hydrogens is 538 g/mol. The molecule has 0 saturated heterocycles. The Morgan fingerprint density at radius 2 is 1.89 bits per heavy atom. The maximum Gasteiger partial charge on any atom is 0.251 e. The Kier molecular flexibility index (Phi) is 13.1. The summed E-state index contributed by atoms with van der Waals surface area (Å²) in [6.07, 6.45) is 1.70. The van der Waals surface area contributed by atoms with Gasteiger partial charge in [-0.1, -0.05) is 23.2 Å². The van der Waals surface area contributed by atoms with Crippen molar-refractivity contribution in [2.45, 2.75) is 26.3 Å². The van der Waals surface area contributed by atoms with Crippen molar-refractivity contribution in [1.82, 2.24) is 16.0 Å². The molecule has 160 valence electrons. The Morgan fingerprint density at radius 1 is 1.21 bits per heavy atom. The molecule has 1 atom stereocenters. The first-order valence-electron chi connectivity index (χ1n) is 8.58. The molecule has 0 radical (unpaired) electrons. The maximum atomic E-state index is 12.1. The lowest BCUT2D eigenvalue weighted by atomic mass is 10.2. The van der Waals surface area contributed by atoms with Gasteiger partial charge in [0.05, 0.1) is 22.3 Å². The highest BCUT2D eigenvalue weighted by Crippen LogP contribution is 2.22. The van der Waals surface area contributed by atoms with Crippen LogP contribution < -0.4 is 16.0 Å². The number of nitrogens with zero attached hydrogens (tertiary/aromatic N) is 1. The third kappa shape index (κ3) is 11.3. The molecular formula is C17H27Cl2IN4O3S. The van der Waals surface area contributed by atoms with Crippen LogP contribution in [0.2, 0.25) is 10.0 Å². The van der Waals surface area contributed by atoms with E-state index in [-0.39, 0.29) is 41.7 Å². The Morgan fingerprint density at radius 3 is 2.46 bits per heavy atom. The smallest absolute Gasteiger partial charge is 0.251 e. The van der Waals surface area contributed by atoms with Crippen LogP contribution in [-0.2, 0) is 9.84 Å². The van der Waals surface area contributed by atoms with Gasteiger partial charge in [0, 0.05) is 31.0 Å². The first kappa shape index (κ1) is 27.2. The number of carbonyl (C=O) groups is 1. The molecule has 0 saturated carbocycles. The predicted molar refractivity (Wildman–Crippen MR) is 127 cm³/mol. The number of hydrogen-bond donors (Lipinski definition) is 3. The molecule has 0 heterocycles. The molecule has 0 aliphatic heterocycles. The molecule has 1 aromatic carbocycles. The van der Waals surface area contributed by atoms with E-state index < -0.39 is 9.84 Å². The topological polar surface area (TPSA) is 99.7 Å². The van der Waals surface area contributed by atoms with Gasteiger partial charge in [0.2, 0.25) is 0 Å². The molecule has 0 aromatic heterocycles. The second-order valence-corrected chi connectivity index (χ2v) is 9.18. The van der Waals surface area contributed by atoms with Gasteiger partial charge >= 0.3 is 0 Å². The van der Waals surface area contributed by atoms with E-state index in [0.717, 1.165) is 0 Å². The number of carbonyl (C=O) groups excluding carboxylic acids is 1. The van der Waals surface area contributed by atoms with Crippen molar-refractivity contribution in [2.75, 3.05) is 31.6 Å². The second kappa shape index (κ2) is 13.4. The number of halogens is 3.